The molecule has 25 heavy (non-hydrogen) atoms. The van der Waals surface area contributed by atoms with Gasteiger partial charge >= 0.3 is 0 Å². The Morgan fingerprint density at radius 1 is 1.20 bits per heavy atom. The molecule has 0 aromatic heterocycles. The number of fused-ring (bicyclic) bond motifs is 1. The Kier molecular flexibility index (Phi) is 4.41. The van der Waals surface area contributed by atoms with Crippen molar-refractivity contribution in [3.05, 3.63) is 70.0 Å². The quantitative estimate of drug-likeness (QED) is 0.597. The third-order valence-electron chi connectivity index (χ3n) is 4.01. The van der Waals surface area contributed by atoms with Gasteiger partial charge in [0.05, 0.1) is 14.2 Å². The van der Waals surface area contributed by atoms with Crippen LogP contribution in [0.4, 0.5) is 0 Å². The second-order valence-corrected chi connectivity index (χ2v) is 6.41. The van der Waals surface area contributed by atoms with E-state index < -0.39 is 0 Å². The average Bonchev–Trinajstić information content (AvgIpc) is 2.60. The number of carbonyl (C=O) groups is 1. The van der Waals surface area contributed by atoms with E-state index in [1.807, 2.05) is 38.1 Å². The van der Waals surface area contributed by atoms with E-state index in [0.717, 1.165) is 11.3 Å². The molecule has 1 aliphatic heterocycles. The molecule has 4 nitrogen and oxygen atoms in total. The lowest BCUT2D eigenvalue weighted by atomic mass is 9.97. The first-order valence-electron chi connectivity index (χ1n) is 8.02. The van der Waals surface area contributed by atoms with E-state index in [0.29, 0.717) is 22.7 Å². The fraction of sp³-hybridized carbons (Fsp3) is 0.286. The average molecular weight is 336 g/mol. The molecule has 2 aliphatic rings. The van der Waals surface area contributed by atoms with E-state index >= 15 is 0 Å². The van der Waals surface area contributed by atoms with Crippen LogP contribution in [-0.4, -0.2) is 25.6 Å². The van der Waals surface area contributed by atoms with Gasteiger partial charge in [0.1, 0.15) is 11.4 Å². The van der Waals surface area contributed by atoms with Crippen LogP contribution in [0.25, 0.3) is 6.08 Å². The van der Waals surface area contributed by atoms with Crippen molar-refractivity contribution in [3.8, 4) is 5.75 Å². The van der Waals surface area contributed by atoms with E-state index in [2.05, 4.69) is 11.5 Å². The van der Waals surface area contributed by atoms with Gasteiger partial charge in [-0.1, -0.05) is 11.8 Å². The van der Waals surface area contributed by atoms with Gasteiger partial charge in [-0.05, 0) is 49.9 Å². The van der Waals surface area contributed by atoms with Gasteiger partial charge in [-0.2, -0.15) is 0 Å². The number of ketones is 1. The van der Waals surface area contributed by atoms with Crippen LogP contribution in [0.15, 0.2) is 58.9 Å². The molecular weight excluding hydrogens is 316 g/mol. The summed E-state index contributed by atoms with van der Waals surface area (Å²) < 4.78 is 16.3. The second-order valence-electron chi connectivity index (χ2n) is 6.41. The number of carbonyl (C=O) groups excluding carboxylic acids is 1. The Bertz CT molecular complexity index is 886. The molecule has 0 saturated carbocycles. The molecule has 1 aromatic rings. The summed E-state index contributed by atoms with van der Waals surface area (Å²) in [7, 11) is 3.09. The van der Waals surface area contributed by atoms with Crippen molar-refractivity contribution in [1.82, 2.24) is 0 Å². The topological polar surface area (TPSA) is 44.8 Å². The first kappa shape index (κ1) is 16.9. The Morgan fingerprint density at radius 3 is 2.72 bits per heavy atom. The monoisotopic (exact) mass is 336 g/mol. The standard InChI is InChI=1S/C21H20O4/c1-21(2)10-9-16-13-15(6-8-18(16)25-21)17(22)11-14-5-7-19(23-3)20(12-14)24-4/h6,8-10,12-13H,11H2,1-4H3. The second kappa shape index (κ2) is 6.52. The Balaban J connectivity index is 1.83. The molecular formula is C21H20O4. The SMILES string of the molecule is COC1=C=C=C(CC(=O)c2ccc3c(c2)C=CC(C)(C)O3)C=C1OC. The van der Waals surface area contributed by atoms with E-state index in [1.165, 1.54) is 7.11 Å². The fourth-order valence-electron chi connectivity index (χ4n) is 2.69. The summed E-state index contributed by atoms with van der Waals surface area (Å²) >= 11 is 0. The number of hydrogen-bond donors (Lipinski definition) is 0. The normalized spacial score (nSPS) is 16.9. The Morgan fingerprint density at radius 2 is 2.00 bits per heavy atom. The minimum Gasteiger partial charge on any atom is -0.492 e. The highest BCUT2D eigenvalue weighted by molar-refractivity contribution is 5.98. The zero-order chi connectivity index (χ0) is 18.0. The lowest BCUT2D eigenvalue weighted by Gasteiger charge is -2.27. The first-order valence-corrected chi connectivity index (χ1v) is 8.02. The van der Waals surface area contributed by atoms with Crippen LogP contribution in [0.2, 0.25) is 0 Å². The van der Waals surface area contributed by atoms with E-state index in [9.17, 15) is 4.79 Å². The van der Waals surface area contributed by atoms with Gasteiger partial charge in [0, 0.05) is 23.1 Å². The number of allylic oxidation sites excluding steroid dienone is 2. The van der Waals surface area contributed by atoms with Crippen LogP contribution in [0, 0.1) is 0 Å². The van der Waals surface area contributed by atoms with E-state index in [4.69, 9.17) is 14.2 Å². The van der Waals surface area contributed by atoms with Crippen molar-refractivity contribution in [2.75, 3.05) is 14.2 Å². The number of rotatable bonds is 5. The van der Waals surface area contributed by atoms with Crippen LogP contribution < -0.4 is 4.74 Å². The van der Waals surface area contributed by atoms with Crippen LogP contribution in [0.1, 0.15) is 36.2 Å². The summed E-state index contributed by atoms with van der Waals surface area (Å²) in [4.78, 5) is 12.6. The molecule has 0 unspecified atom stereocenters. The Hall–Kier alpha value is -2.93. The number of ether oxygens (including phenoxy) is 3. The maximum Gasteiger partial charge on any atom is 0.212 e. The molecule has 1 heterocycles. The summed E-state index contributed by atoms with van der Waals surface area (Å²) in [5.74, 6) is 1.79. The van der Waals surface area contributed by atoms with Crippen LogP contribution >= 0.6 is 0 Å². The largest absolute Gasteiger partial charge is 0.492 e. The molecule has 4 heteroatoms. The molecule has 0 saturated heterocycles. The number of Topliss-reactive ketones (excluding diaryl/α,β-unsaturated/α-hetero) is 1. The number of hydrogen-bond acceptors (Lipinski definition) is 4. The minimum atomic E-state index is -0.330. The smallest absolute Gasteiger partial charge is 0.212 e. The van der Waals surface area contributed by atoms with Crippen molar-refractivity contribution in [3.63, 3.8) is 0 Å². The number of methoxy groups -OCH3 is 2. The highest BCUT2D eigenvalue weighted by Crippen LogP contribution is 2.32. The summed E-state index contributed by atoms with van der Waals surface area (Å²) in [5, 5.41) is 0. The lowest BCUT2D eigenvalue weighted by Crippen LogP contribution is -2.27. The van der Waals surface area contributed by atoms with Crippen molar-refractivity contribution in [2.24, 2.45) is 0 Å². The van der Waals surface area contributed by atoms with Crippen LogP contribution in [0.3, 0.4) is 0 Å². The van der Waals surface area contributed by atoms with Gasteiger partial charge in [0.25, 0.3) is 0 Å². The zero-order valence-electron chi connectivity index (χ0n) is 14.8. The van der Waals surface area contributed by atoms with E-state index in [-0.39, 0.29) is 17.8 Å². The first-order chi connectivity index (χ1) is 11.9. The van der Waals surface area contributed by atoms with Gasteiger partial charge in [-0.15, -0.1) is 0 Å². The molecule has 1 aromatic carbocycles. The Labute approximate surface area is 147 Å². The fourth-order valence-corrected chi connectivity index (χ4v) is 2.69. The minimum absolute atomic E-state index is 0.00194. The van der Waals surface area contributed by atoms with Crippen molar-refractivity contribution in [2.45, 2.75) is 25.9 Å². The maximum absolute atomic E-state index is 12.6. The summed E-state index contributed by atoms with van der Waals surface area (Å²) in [5.41, 5.74) is 7.73. The predicted molar refractivity (Wildman–Crippen MR) is 95.3 cm³/mol. The molecule has 1 aliphatic carbocycles. The summed E-state index contributed by atoms with van der Waals surface area (Å²) in [6.07, 6.45) is 5.94. The van der Waals surface area contributed by atoms with Gasteiger partial charge < -0.3 is 14.2 Å². The third-order valence-corrected chi connectivity index (χ3v) is 4.01. The molecule has 0 N–H and O–H groups in total. The van der Waals surface area contributed by atoms with Gasteiger partial charge in [-0.25, -0.2) is 0 Å². The molecule has 0 radical (unpaired) electrons. The number of benzene rings is 1. The maximum atomic E-state index is 12.6. The third kappa shape index (κ3) is 3.61. The lowest BCUT2D eigenvalue weighted by molar-refractivity contribution is 0.0993. The van der Waals surface area contributed by atoms with Gasteiger partial charge in [0.2, 0.25) is 5.76 Å². The summed E-state index contributed by atoms with van der Waals surface area (Å²) in [6.45, 7) is 3.99. The molecule has 0 amide bonds. The van der Waals surface area contributed by atoms with E-state index in [1.54, 1.807) is 19.3 Å². The highest BCUT2D eigenvalue weighted by atomic mass is 16.5. The molecule has 3 rings (SSSR count). The summed E-state index contributed by atoms with van der Waals surface area (Å²) in [6, 6.07) is 5.49. The highest BCUT2D eigenvalue weighted by Gasteiger charge is 2.22. The molecule has 0 fully saturated rings. The van der Waals surface area contributed by atoms with Crippen molar-refractivity contribution >= 4 is 11.9 Å². The molecule has 128 valence electrons. The van der Waals surface area contributed by atoms with Gasteiger partial charge in [0.15, 0.2) is 11.5 Å². The van der Waals surface area contributed by atoms with Crippen LogP contribution in [-0.2, 0) is 9.47 Å². The van der Waals surface area contributed by atoms with Crippen molar-refractivity contribution < 1.29 is 19.0 Å². The zero-order valence-corrected chi connectivity index (χ0v) is 14.8. The molecule has 0 bridgehead atoms. The molecule has 0 spiro atoms. The van der Waals surface area contributed by atoms with Crippen molar-refractivity contribution in [1.29, 1.82) is 0 Å². The molecule has 0 atom stereocenters. The predicted octanol–water partition coefficient (Wildman–Crippen LogP) is 4.20. The van der Waals surface area contributed by atoms with Gasteiger partial charge in [-0.3, -0.25) is 4.79 Å². The van der Waals surface area contributed by atoms with Crippen LogP contribution in [0.5, 0.6) is 5.75 Å².